The first-order valence-corrected chi connectivity index (χ1v) is 10.2. The zero-order valence-electron chi connectivity index (χ0n) is 17.3. The highest BCUT2D eigenvalue weighted by molar-refractivity contribution is 5.91. The predicted molar refractivity (Wildman–Crippen MR) is 103 cm³/mol. The summed E-state index contributed by atoms with van der Waals surface area (Å²) in [6.45, 7) is 11.1. The van der Waals surface area contributed by atoms with E-state index in [1.807, 2.05) is 26.0 Å². The van der Waals surface area contributed by atoms with Crippen molar-refractivity contribution in [2.45, 2.75) is 89.3 Å². The molecule has 1 aliphatic carbocycles. The molecule has 0 aromatic carbocycles. The van der Waals surface area contributed by atoms with Crippen LogP contribution >= 0.6 is 0 Å². The van der Waals surface area contributed by atoms with E-state index in [4.69, 9.17) is 14.2 Å². The van der Waals surface area contributed by atoms with Gasteiger partial charge in [-0.05, 0) is 51.9 Å². The number of rotatable bonds is 1. The Morgan fingerprint density at radius 2 is 2.11 bits per heavy atom. The van der Waals surface area contributed by atoms with Gasteiger partial charge in [-0.3, -0.25) is 4.79 Å². The number of esters is 2. The maximum Gasteiger partial charge on any atom is 0.334 e. The molecule has 7 atom stereocenters. The Morgan fingerprint density at radius 3 is 2.79 bits per heavy atom. The third-order valence-electron chi connectivity index (χ3n) is 6.38. The van der Waals surface area contributed by atoms with E-state index >= 15 is 0 Å². The third-order valence-corrected chi connectivity index (χ3v) is 6.38. The van der Waals surface area contributed by atoms with Gasteiger partial charge in [0.15, 0.2) is 0 Å². The van der Waals surface area contributed by atoms with E-state index in [9.17, 15) is 14.7 Å². The first-order valence-electron chi connectivity index (χ1n) is 10.2. The summed E-state index contributed by atoms with van der Waals surface area (Å²) < 4.78 is 17.2. The average Bonchev–Trinajstić information content (AvgIpc) is 3.13. The zero-order chi connectivity index (χ0) is 20.7. The molecule has 3 aliphatic rings. The molecule has 0 unspecified atom stereocenters. The van der Waals surface area contributed by atoms with Crippen molar-refractivity contribution in [3.05, 3.63) is 24.3 Å². The lowest BCUT2D eigenvalue weighted by Crippen LogP contribution is -2.40. The van der Waals surface area contributed by atoms with E-state index < -0.39 is 29.7 Å². The Morgan fingerprint density at radius 1 is 1.39 bits per heavy atom. The second-order valence-electron chi connectivity index (χ2n) is 9.06. The molecule has 2 saturated heterocycles. The summed E-state index contributed by atoms with van der Waals surface area (Å²) in [5.74, 6) is -1.08. The number of epoxide rings is 1. The fourth-order valence-electron chi connectivity index (χ4n) is 4.48. The van der Waals surface area contributed by atoms with Crippen molar-refractivity contribution < 1.29 is 28.9 Å². The topological polar surface area (TPSA) is 85.4 Å². The number of aliphatic hydroxyl groups is 1. The van der Waals surface area contributed by atoms with Crippen LogP contribution in [-0.2, 0) is 23.8 Å². The van der Waals surface area contributed by atoms with Gasteiger partial charge < -0.3 is 19.3 Å². The molecular formula is C22H32O6. The third kappa shape index (κ3) is 4.49. The smallest absolute Gasteiger partial charge is 0.334 e. The summed E-state index contributed by atoms with van der Waals surface area (Å²) in [6.07, 6.45) is 6.10. The molecule has 0 aromatic heterocycles. The van der Waals surface area contributed by atoms with E-state index in [1.165, 1.54) is 6.92 Å². The van der Waals surface area contributed by atoms with Crippen LogP contribution in [0.2, 0.25) is 0 Å². The molecule has 0 aromatic rings. The van der Waals surface area contributed by atoms with Crippen LogP contribution in [0.1, 0.15) is 59.8 Å². The molecular weight excluding hydrogens is 360 g/mol. The van der Waals surface area contributed by atoms with Crippen LogP contribution in [0, 0.1) is 11.8 Å². The molecule has 0 saturated carbocycles. The molecule has 0 spiro atoms. The van der Waals surface area contributed by atoms with Crippen LogP contribution in [0.5, 0.6) is 0 Å². The van der Waals surface area contributed by atoms with Crippen molar-refractivity contribution in [1.29, 1.82) is 0 Å². The largest absolute Gasteiger partial charge is 0.458 e. The molecule has 6 heteroatoms. The van der Waals surface area contributed by atoms with Gasteiger partial charge in [0.2, 0.25) is 0 Å². The molecule has 0 radical (unpaired) electrons. The quantitative estimate of drug-likeness (QED) is 0.319. The minimum atomic E-state index is -0.891. The maximum atomic E-state index is 12.3. The molecule has 2 heterocycles. The molecule has 0 bridgehead atoms. The van der Waals surface area contributed by atoms with Crippen molar-refractivity contribution in [3.63, 3.8) is 0 Å². The average molecular weight is 392 g/mol. The maximum absolute atomic E-state index is 12.3. The van der Waals surface area contributed by atoms with Crippen LogP contribution in [0.3, 0.4) is 0 Å². The summed E-state index contributed by atoms with van der Waals surface area (Å²) in [5.41, 5.74) is -0.786. The van der Waals surface area contributed by atoms with E-state index in [2.05, 4.69) is 6.58 Å². The van der Waals surface area contributed by atoms with Gasteiger partial charge in [-0.2, -0.15) is 0 Å². The van der Waals surface area contributed by atoms with Gasteiger partial charge >= 0.3 is 11.9 Å². The van der Waals surface area contributed by atoms with E-state index in [0.717, 1.165) is 12.8 Å². The molecule has 0 amide bonds. The molecule has 156 valence electrons. The summed E-state index contributed by atoms with van der Waals surface area (Å²) >= 11 is 0. The van der Waals surface area contributed by atoms with Crippen molar-refractivity contribution in [2.24, 2.45) is 11.8 Å². The highest BCUT2D eigenvalue weighted by Crippen LogP contribution is 2.47. The Kier molecular flexibility index (Phi) is 5.74. The van der Waals surface area contributed by atoms with E-state index in [-0.39, 0.29) is 23.5 Å². The molecule has 1 N–H and O–H groups in total. The van der Waals surface area contributed by atoms with Crippen molar-refractivity contribution in [3.8, 4) is 0 Å². The molecule has 3 rings (SSSR count). The highest BCUT2D eigenvalue weighted by Gasteiger charge is 2.56. The molecule has 28 heavy (non-hydrogen) atoms. The van der Waals surface area contributed by atoms with Crippen LogP contribution < -0.4 is 0 Å². The van der Waals surface area contributed by atoms with Crippen LogP contribution in [0.15, 0.2) is 24.3 Å². The summed E-state index contributed by atoms with van der Waals surface area (Å²) in [7, 11) is 0. The Bertz CT molecular complexity index is 681. The Labute approximate surface area is 166 Å². The van der Waals surface area contributed by atoms with Gasteiger partial charge in [0.05, 0.1) is 17.3 Å². The zero-order valence-corrected chi connectivity index (χ0v) is 17.3. The lowest BCUT2D eigenvalue weighted by Gasteiger charge is -2.31. The number of carbonyl (C=O) groups excluding carboxylic acids is 2. The number of fused-ring (bicyclic) bond motifs is 2. The number of carbonyl (C=O) groups is 2. The Balaban J connectivity index is 1.89. The first-order chi connectivity index (χ1) is 13.0. The number of hydrogen-bond donors (Lipinski definition) is 1. The van der Waals surface area contributed by atoms with Gasteiger partial charge in [0.25, 0.3) is 0 Å². The molecule has 2 aliphatic heterocycles. The van der Waals surface area contributed by atoms with Crippen LogP contribution in [0.25, 0.3) is 0 Å². The van der Waals surface area contributed by atoms with Gasteiger partial charge in [0, 0.05) is 18.4 Å². The summed E-state index contributed by atoms with van der Waals surface area (Å²) in [5, 5.41) is 10.6. The lowest BCUT2D eigenvalue weighted by atomic mass is 9.81. The minimum Gasteiger partial charge on any atom is -0.458 e. The highest BCUT2D eigenvalue weighted by atomic mass is 16.6. The monoisotopic (exact) mass is 392 g/mol. The fourth-order valence-corrected chi connectivity index (χ4v) is 4.48. The van der Waals surface area contributed by atoms with Gasteiger partial charge in [-0.15, -0.1) is 0 Å². The second kappa shape index (κ2) is 7.64. The lowest BCUT2D eigenvalue weighted by molar-refractivity contribution is -0.165. The Hall–Kier alpha value is -1.66. The molecule has 2 fully saturated rings. The normalized spacial score (nSPS) is 45.2. The van der Waals surface area contributed by atoms with Gasteiger partial charge in [-0.25, -0.2) is 4.79 Å². The van der Waals surface area contributed by atoms with E-state index in [0.29, 0.717) is 24.8 Å². The van der Waals surface area contributed by atoms with E-state index in [1.54, 1.807) is 6.92 Å². The predicted octanol–water partition coefficient (Wildman–Crippen LogP) is 3.08. The second-order valence-corrected chi connectivity index (χ2v) is 9.06. The van der Waals surface area contributed by atoms with Gasteiger partial charge in [0.1, 0.15) is 12.2 Å². The fraction of sp³-hybridized carbons (Fsp3) is 0.727. The van der Waals surface area contributed by atoms with Crippen molar-refractivity contribution in [2.75, 3.05) is 0 Å². The standard InChI is InChI=1S/C22H32O6/c1-13-8-6-9-21(4,25)10-7-11-22(5)17(28-22)12-16-14(2)20(24)27-19(16)18(13)26-15(3)23/h7,10,13,16-19,25H,2,6,8-9,11-12H2,1,3-5H3/b10-7-/t13-,16-,17+,18+,19+,21-,22+/m0/s1. The first kappa shape index (κ1) is 21.1. The number of hydrogen-bond acceptors (Lipinski definition) is 6. The SMILES string of the molecule is C=C1C(=O)O[C@H]2[C@H](OC(C)=O)[C@@H](C)CCC[C@](C)(O)/C=C\C[C@@]3(C)O[C@@H]3C[C@@H]12. The minimum absolute atomic E-state index is 0.0238. The van der Waals surface area contributed by atoms with Crippen LogP contribution in [0.4, 0.5) is 0 Å². The van der Waals surface area contributed by atoms with Crippen LogP contribution in [-0.4, -0.2) is 46.6 Å². The number of ether oxygens (including phenoxy) is 3. The molecule has 6 nitrogen and oxygen atoms in total. The summed E-state index contributed by atoms with van der Waals surface area (Å²) in [4.78, 5) is 24.0. The van der Waals surface area contributed by atoms with Gasteiger partial charge in [-0.1, -0.05) is 25.7 Å². The van der Waals surface area contributed by atoms with Crippen molar-refractivity contribution >= 4 is 11.9 Å². The van der Waals surface area contributed by atoms with Crippen molar-refractivity contribution in [1.82, 2.24) is 0 Å². The summed E-state index contributed by atoms with van der Waals surface area (Å²) in [6, 6.07) is 0.